The van der Waals surface area contributed by atoms with Crippen molar-refractivity contribution in [3.05, 3.63) is 55.2 Å². The number of pyridine rings is 2. The summed E-state index contributed by atoms with van der Waals surface area (Å²) < 4.78 is 6.98. The summed E-state index contributed by atoms with van der Waals surface area (Å²) in [5, 5.41) is 7.55. The first-order valence-electron chi connectivity index (χ1n) is 8.27. The van der Waals surface area contributed by atoms with E-state index in [0.717, 1.165) is 11.1 Å². The van der Waals surface area contributed by atoms with Gasteiger partial charge in [-0.15, -0.1) is 5.10 Å². The summed E-state index contributed by atoms with van der Waals surface area (Å²) in [6.07, 6.45) is 8.46. The number of rotatable bonds is 6. The molecule has 0 unspecified atom stereocenters. The number of methoxy groups -OCH3 is 1. The number of ether oxygens (including phenoxy) is 1. The number of carbonyl (C=O) groups is 1. The Bertz CT molecular complexity index is 1120. The van der Waals surface area contributed by atoms with Gasteiger partial charge < -0.3 is 4.74 Å². The van der Waals surface area contributed by atoms with Gasteiger partial charge in [0, 0.05) is 42.1 Å². The molecule has 10 heteroatoms. The molecule has 0 aliphatic heterocycles. The lowest BCUT2D eigenvalue weighted by Gasteiger charge is -2.07. The lowest BCUT2D eigenvalue weighted by molar-refractivity contribution is -0.113. The maximum atomic E-state index is 12.1. The molecule has 0 radical (unpaired) electrons. The van der Waals surface area contributed by atoms with E-state index in [1.165, 1.54) is 11.8 Å². The zero-order valence-electron chi connectivity index (χ0n) is 14.8. The highest BCUT2D eigenvalue weighted by Crippen LogP contribution is 2.28. The lowest BCUT2D eigenvalue weighted by Crippen LogP contribution is -2.15. The van der Waals surface area contributed by atoms with Crippen LogP contribution in [0.5, 0.6) is 5.75 Å². The third-order valence-electron chi connectivity index (χ3n) is 3.77. The number of aromatic nitrogens is 6. The minimum Gasteiger partial charge on any atom is -0.496 e. The topological polar surface area (TPSA) is 107 Å². The van der Waals surface area contributed by atoms with Crippen molar-refractivity contribution in [2.24, 2.45) is 0 Å². The summed E-state index contributed by atoms with van der Waals surface area (Å²) >= 11 is 1.24. The molecule has 4 rings (SSSR count). The van der Waals surface area contributed by atoms with Crippen molar-refractivity contribution >= 4 is 29.3 Å². The summed E-state index contributed by atoms with van der Waals surface area (Å²) in [7, 11) is 1.61. The Morgan fingerprint density at radius 2 is 2.07 bits per heavy atom. The molecule has 1 N–H and O–H groups in total. The number of anilines is 1. The second-order valence-corrected chi connectivity index (χ2v) is 6.54. The summed E-state index contributed by atoms with van der Waals surface area (Å²) in [4.78, 5) is 28.7. The number of nitrogens with zero attached hydrogens (tertiary/aromatic N) is 6. The average Bonchev–Trinajstić information content (AvgIpc) is 3.14. The SMILES string of the molecule is COc1ccncc1-c1ccc2nc(NC(=O)CSc3ncccn3)nn2c1. The molecule has 140 valence electrons. The second kappa shape index (κ2) is 8.01. The van der Waals surface area contributed by atoms with Gasteiger partial charge in [-0.25, -0.2) is 14.5 Å². The van der Waals surface area contributed by atoms with E-state index in [-0.39, 0.29) is 17.6 Å². The maximum Gasteiger partial charge on any atom is 0.249 e. The van der Waals surface area contributed by atoms with E-state index < -0.39 is 0 Å². The number of fused-ring (bicyclic) bond motifs is 1. The predicted molar refractivity (Wildman–Crippen MR) is 104 cm³/mol. The molecular weight excluding hydrogens is 378 g/mol. The van der Waals surface area contributed by atoms with Gasteiger partial charge in [0.1, 0.15) is 5.75 Å². The van der Waals surface area contributed by atoms with Gasteiger partial charge in [0.25, 0.3) is 0 Å². The van der Waals surface area contributed by atoms with E-state index >= 15 is 0 Å². The van der Waals surface area contributed by atoms with Crippen molar-refractivity contribution in [1.82, 2.24) is 29.5 Å². The van der Waals surface area contributed by atoms with E-state index in [1.807, 2.05) is 18.3 Å². The van der Waals surface area contributed by atoms with E-state index in [2.05, 4.69) is 30.4 Å². The van der Waals surface area contributed by atoms with Gasteiger partial charge in [0.05, 0.1) is 12.9 Å². The lowest BCUT2D eigenvalue weighted by atomic mass is 10.1. The number of hydrogen-bond acceptors (Lipinski definition) is 8. The molecule has 1 amide bonds. The molecule has 9 nitrogen and oxygen atoms in total. The predicted octanol–water partition coefficient (Wildman–Crippen LogP) is 2.32. The van der Waals surface area contributed by atoms with Gasteiger partial charge in [0.2, 0.25) is 11.9 Å². The van der Waals surface area contributed by atoms with Crippen LogP contribution in [0.1, 0.15) is 0 Å². The molecule has 28 heavy (non-hydrogen) atoms. The van der Waals surface area contributed by atoms with Crippen molar-refractivity contribution in [2.75, 3.05) is 18.2 Å². The minimum absolute atomic E-state index is 0.164. The van der Waals surface area contributed by atoms with Crippen LogP contribution in [0.15, 0.2) is 60.4 Å². The fraction of sp³-hybridized carbons (Fsp3) is 0.111. The number of hydrogen-bond donors (Lipinski definition) is 1. The molecule has 0 atom stereocenters. The van der Waals surface area contributed by atoms with E-state index in [9.17, 15) is 4.79 Å². The van der Waals surface area contributed by atoms with Gasteiger partial charge in [-0.05, 0) is 24.3 Å². The van der Waals surface area contributed by atoms with Gasteiger partial charge in [-0.3, -0.25) is 15.1 Å². The largest absolute Gasteiger partial charge is 0.496 e. The highest BCUT2D eigenvalue weighted by Gasteiger charge is 2.11. The van der Waals surface area contributed by atoms with Crippen molar-refractivity contribution in [3.8, 4) is 16.9 Å². The summed E-state index contributed by atoms with van der Waals surface area (Å²) in [6, 6.07) is 7.23. The van der Waals surface area contributed by atoms with Crippen LogP contribution in [0.4, 0.5) is 5.95 Å². The molecule has 0 aromatic carbocycles. The van der Waals surface area contributed by atoms with Gasteiger partial charge in [-0.1, -0.05) is 11.8 Å². The molecule has 0 saturated heterocycles. The normalized spacial score (nSPS) is 10.8. The average molecular weight is 393 g/mol. The van der Waals surface area contributed by atoms with Crippen molar-refractivity contribution in [2.45, 2.75) is 5.16 Å². The zero-order valence-corrected chi connectivity index (χ0v) is 15.6. The Morgan fingerprint density at radius 1 is 1.21 bits per heavy atom. The van der Waals surface area contributed by atoms with Gasteiger partial charge in [0.15, 0.2) is 10.8 Å². The first-order valence-corrected chi connectivity index (χ1v) is 9.26. The molecular formula is C18H15N7O2S. The quantitative estimate of drug-likeness (QED) is 0.393. The number of amides is 1. The molecule has 4 aromatic rings. The summed E-state index contributed by atoms with van der Waals surface area (Å²) in [5.41, 5.74) is 2.32. The summed E-state index contributed by atoms with van der Waals surface area (Å²) in [6.45, 7) is 0. The van der Waals surface area contributed by atoms with Crippen LogP contribution in [0.3, 0.4) is 0 Å². The molecule has 0 aliphatic carbocycles. The number of thioether (sulfide) groups is 1. The van der Waals surface area contributed by atoms with Crippen LogP contribution in [-0.4, -0.2) is 48.3 Å². The Kier molecular flexibility index (Phi) is 5.11. The Balaban J connectivity index is 1.49. The second-order valence-electron chi connectivity index (χ2n) is 5.60. The molecule has 4 aromatic heterocycles. The molecule has 0 saturated carbocycles. The van der Waals surface area contributed by atoms with Crippen LogP contribution < -0.4 is 10.1 Å². The van der Waals surface area contributed by atoms with Crippen LogP contribution >= 0.6 is 11.8 Å². The molecule has 0 bridgehead atoms. The van der Waals surface area contributed by atoms with Crippen LogP contribution in [0.25, 0.3) is 16.8 Å². The third-order valence-corrected chi connectivity index (χ3v) is 4.64. The van der Waals surface area contributed by atoms with E-state index in [0.29, 0.717) is 16.6 Å². The van der Waals surface area contributed by atoms with Crippen LogP contribution in [0.2, 0.25) is 0 Å². The van der Waals surface area contributed by atoms with Gasteiger partial charge in [-0.2, -0.15) is 4.98 Å². The first kappa shape index (κ1) is 17.9. The first-order chi connectivity index (χ1) is 13.7. The molecule has 0 aliphatic rings. The molecule has 0 spiro atoms. The number of nitrogens with one attached hydrogen (secondary N) is 1. The smallest absolute Gasteiger partial charge is 0.249 e. The zero-order chi connectivity index (χ0) is 19.3. The highest BCUT2D eigenvalue weighted by atomic mass is 32.2. The van der Waals surface area contributed by atoms with Crippen LogP contribution in [0, 0.1) is 0 Å². The van der Waals surface area contributed by atoms with Gasteiger partial charge >= 0.3 is 0 Å². The third kappa shape index (κ3) is 3.91. The van der Waals surface area contributed by atoms with Crippen molar-refractivity contribution in [1.29, 1.82) is 0 Å². The van der Waals surface area contributed by atoms with Crippen molar-refractivity contribution < 1.29 is 9.53 Å². The Hall–Kier alpha value is -3.53. The fourth-order valence-electron chi connectivity index (χ4n) is 2.52. The van der Waals surface area contributed by atoms with Crippen LogP contribution in [-0.2, 0) is 4.79 Å². The monoisotopic (exact) mass is 393 g/mol. The van der Waals surface area contributed by atoms with Crippen molar-refractivity contribution in [3.63, 3.8) is 0 Å². The van der Waals surface area contributed by atoms with E-state index in [1.54, 1.807) is 48.5 Å². The highest BCUT2D eigenvalue weighted by molar-refractivity contribution is 7.99. The Morgan fingerprint density at radius 3 is 2.89 bits per heavy atom. The fourth-order valence-corrected chi connectivity index (χ4v) is 3.13. The molecule has 4 heterocycles. The number of carbonyl (C=O) groups excluding carboxylic acids is 1. The minimum atomic E-state index is -0.234. The van der Waals surface area contributed by atoms with E-state index in [4.69, 9.17) is 4.74 Å². The maximum absolute atomic E-state index is 12.1. The summed E-state index contributed by atoms with van der Waals surface area (Å²) in [5.74, 6) is 0.873. The molecule has 0 fully saturated rings. The Labute approximate surface area is 164 Å². The standard InChI is InChI=1S/C18H15N7O2S/c1-27-14-5-8-19-9-13(14)12-3-4-15-22-17(24-25(15)10-12)23-16(26)11-28-18-20-6-2-7-21-18/h2-10H,11H2,1H3,(H,23,24,26).